The number of hydrogen-bond donors (Lipinski definition) is 2. The molecule has 1 fully saturated rings. The molecule has 2 heterocycles. The molecule has 0 saturated carbocycles. The molecule has 0 bridgehead atoms. The number of nitrogens with one attached hydrogen (secondary N) is 2. The van der Waals surface area contributed by atoms with Crippen LogP contribution in [0, 0.1) is 18.6 Å². The molecule has 9 heteroatoms. The molecule has 1 saturated heterocycles. The minimum absolute atomic E-state index is 0.198. The van der Waals surface area contributed by atoms with Crippen LogP contribution in [0.25, 0.3) is 0 Å². The van der Waals surface area contributed by atoms with E-state index in [0.29, 0.717) is 35.7 Å². The topological polar surface area (TPSA) is 49.4 Å². The van der Waals surface area contributed by atoms with Gasteiger partial charge in [0.15, 0.2) is 5.82 Å². The van der Waals surface area contributed by atoms with Crippen molar-refractivity contribution in [3.8, 4) is 0 Å². The molecule has 0 unspecified atom stereocenters. The molecule has 1 aliphatic heterocycles. The molecule has 1 aliphatic rings. The van der Waals surface area contributed by atoms with Gasteiger partial charge in [0, 0.05) is 41.8 Å². The molecule has 170 valence electrons. The molecule has 5 nitrogen and oxygen atoms in total. The van der Waals surface area contributed by atoms with Gasteiger partial charge in [0.1, 0.15) is 16.5 Å². The van der Waals surface area contributed by atoms with Crippen LogP contribution in [0.1, 0.15) is 37.0 Å². The Morgan fingerprint density at radius 2 is 2.03 bits per heavy atom. The van der Waals surface area contributed by atoms with Crippen LogP contribution < -0.4 is 10.8 Å². The van der Waals surface area contributed by atoms with Crippen LogP contribution in [-0.2, 0) is 17.4 Å². The number of benzene rings is 2. The van der Waals surface area contributed by atoms with Crippen molar-refractivity contribution in [3.05, 3.63) is 69.5 Å². The van der Waals surface area contributed by atoms with Gasteiger partial charge in [0.2, 0.25) is 0 Å². The summed E-state index contributed by atoms with van der Waals surface area (Å²) in [5.41, 5.74) is 7.50. The maximum atomic E-state index is 14.9. The lowest BCUT2D eigenvalue weighted by Gasteiger charge is -2.48. The smallest absolute Gasteiger partial charge is 0.161 e. The van der Waals surface area contributed by atoms with Gasteiger partial charge in [-0.2, -0.15) is 4.28 Å². The number of halogens is 2. The van der Waals surface area contributed by atoms with Crippen molar-refractivity contribution in [2.75, 3.05) is 17.3 Å². The SMILES string of the molecule is Cc1c(NCc2ccccc2CN2CCC2(C)C)cc(F)c(SONc2cscn2)c1F. The average molecular weight is 477 g/mol. The molecule has 32 heavy (non-hydrogen) atoms. The Bertz CT molecular complexity index is 1080. The van der Waals surface area contributed by atoms with E-state index in [-0.39, 0.29) is 10.4 Å². The molecule has 1 aromatic heterocycles. The normalized spacial score (nSPS) is 15.4. The van der Waals surface area contributed by atoms with Gasteiger partial charge in [0.05, 0.1) is 17.6 Å². The number of hydrogen-bond acceptors (Lipinski definition) is 7. The zero-order valence-corrected chi connectivity index (χ0v) is 19.9. The van der Waals surface area contributed by atoms with Gasteiger partial charge < -0.3 is 5.32 Å². The van der Waals surface area contributed by atoms with Crippen LogP contribution in [0.4, 0.5) is 20.3 Å². The zero-order chi connectivity index (χ0) is 22.7. The monoisotopic (exact) mass is 476 g/mol. The van der Waals surface area contributed by atoms with E-state index in [9.17, 15) is 8.78 Å². The van der Waals surface area contributed by atoms with Gasteiger partial charge in [-0.1, -0.05) is 24.3 Å². The lowest BCUT2D eigenvalue weighted by atomic mass is 9.88. The third kappa shape index (κ3) is 5.06. The van der Waals surface area contributed by atoms with Crippen molar-refractivity contribution < 1.29 is 13.1 Å². The van der Waals surface area contributed by atoms with Crippen molar-refractivity contribution in [1.29, 1.82) is 0 Å². The minimum atomic E-state index is -0.684. The first-order chi connectivity index (χ1) is 15.3. The fraction of sp³-hybridized carbons (Fsp3) is 0.348. The predicted octanol–water partition coefficient (Wildman–Crippen LogP) is 6.38. The highest BCUT2D eigenvalue weighted by atomic mass is 32.2. The summed E-state index contributed by atoms with van der Waals surface area (Å²) in [6.45, 7) is 8.57. The Labute approximate surface area is 195 Å². The van der Waals surface area contributed by atoms with Crippen LogP contribution in [-0.4, -0.2) is 22.0 Å². The van der Waals surface area contributed by atoms with E-state index in [1.807, 2.05) is 12.1 Å². The van der Waals surface area contributed by atoms with E-state index in [1.165, 1.54) is 29.4 Å². The van der Waals surface area contributed by atoms with Crippen LogP contribution in [0.3, 0.4) is 0 Å². The van der Waals surface area contributed by atoms with Crippen molar-refractivity contribution in [1.82, 2.24) is 9.88 Å². The Kier molecular flexibility index (Phi) is 6.99. The Hall–Kier alpha value is -2.20. The van der Waals surface area contributed by atoms with Gasteiger partial charge in [0.25, 0.3) is 0 Å². The number of aromatic nitrogens is 1. The molecule has 3 aromatic rings. The number of rotatable bonds is 9. The third-order valence-corrected chi connectivity index (χ3v) is 7.22. The third-order valence-electron chi connectivity index (χ3n) is 5.92. The second kappa shape index (κ2) is 9.74. The summed E-state index contributed by atoms with van der Waals surface area (Å²) in [4.78, 5) is 6.24. The standard InChI is InChI=1S/C23H26F2N4OS2/c1-15-19(10-18(24)22(21(15)25)32-30-28-20-13-31-14-27-20)26-11-16-6-4-5-7-17(16)12-29-9-8-23(29,2)3/h4-7,10,13-14,26,28H,8-9,11-12H2,1-3H3. The summed E-state index contributed by atoms with van der Waals surface area (Å²) in [5.74, 6) is -0.844. The minimum Gasteiger partial charge on any atom is -0.381 e. The lowest BCUT2D eigenvalue weighted by molar-refractivity contribution is 0.00775. The zero-order valence-electron chi connectivity index (χ0n) is 18.2. The highest BCUT2D eigenvalue weighted by Crippen LogP contribution is 2.34. The van der Waals surface area contributed by atoms with E-state index >= 15 is 0 Å². The molecule has 0 aliphatic carbocycles. The van der Waals surface area contributed by atoms with Gasteiger partial charge in [-0.05, 0) is 44.4 Å². The first kappa shape index (κ1) is 23.0. The fourth-order valence-corrected chi connectivity index (χ4v) is 4.66. The molecule has 4 rings (SSSR count). The number of anilines is 2. The fourth-order valence-electron chi connectivity index (χ4n) is 3.61. The van der Waals surface area contributed by atoms with E-state index in [2.05, 4.69) is 46.7 Å². The summed E-state index contributed by atoms with van der Waals surface area (Å²) in [5, 5.41) is 4.94. The molecule has 0 spiro atoms. The highest BCUT2D eigenvalue weighted by Gasteiger charge is 2.35. The molecule has 0 radical (unpaired) electrons. The first-order valence-corrected chi connectivity index (χ1v) is 12.1. The van der Waals surface area contributed by atoms with Crippen LogP contribution >= 0.6 is 23.4 Å². The molecular formula is C23H26F2N4OS2. The summed E-state index contributed by atoms with van der Waals surface area (Å²) in [7, 11) is 0. The Morgan fingerprint density at radius 1 is 1.25 bits per heavy atom. The first-order valence-electron chi connectivity index (χ1n) is 10.4. The van der Waals surface area contributed by atoms with Crippen LogP contribution in [0.15, 0.2) is 46.1 Å². The van der Waals surface area contributed by atoms with Crippen LogP contribution in [0.5, 0.6) is 0 Å². The Morgan fingerprint density at radius 3 is 2.69 bits per heavy atom. The van der Waals surface area contributed by atoms with E-state index in [0.717, 1.165) is 18.7 Å². The predicted molar refractivity (Wildman–Crippen MR) is 127 cm³/mol. The quantitative estimate of drug-likeness (QED) is 0.276. The maximum absolute atomic E-state index is 14.9. The van der Waals surface area contributed by atoms with Crippen molar-refractivity contribution in [2.45, 2.75) is 50.7 Å². The number of nitrogens with zero attached hydrogens (tertiary/aromatic N) is 2. The molecule has 0 atom stereocenters. The van der Waals surface area contributed by atoms with Crippen molar-refractivity contribution in [2.24, 2.45) is 0 Å². The molecule has 2 N–H and O–H groups in total. The van der Waals surface area contributed by atoms with E-state index in [1.54, 1.807) is 17.8 Å². The second-order valence-electron chi connectivity index (χ2n) is 8.42. The maximum Gasteiger partial charge on any atom is 0.161 e. The average Bonchev–Trinajstić information content (AvgIpc) is 3.29. The van der Waals surface area contributed by atoms with E-state index in [4.69, 9.17) is 4.28 Å². The van der Waals surface area contributed by atoms with Crippen molar-refractivity contribution in [3.63, 3.8) is 0 Å². The highest BCUT2D eigenvalue weighted by molar-refractivity contribution is 7.94. The molecule has 2 aromatic carbocycles. The van der Waals surface area contributed by atoms with Gasteiger partial charge in [-0.15, -0.1) is 11.3 Å². The molecular weight excluding hydrogens is 450 g/mol. The molecule has 0 amide bonds. The second-order valence-corrected chi connectivity index (χ2v) is 9.88. The number of likely N-dealkylation sites (tertiary alicyclic amines) is 1. The van der Waals surface area contributed by atoms with Gasteiger partial charge in [-0.3, -0.25) is 4.90 Å². The van der Waals surface area contributed by atoms with Gasteiger partial charge >= 0.3 is 0 Å². The van der Waals surface area contributed by atoms with Crippen LogP contribution in [0.2, 0.25) is 0 Å². The largest absolute Gasteiger partial charge is 0.381 e. The Balaban J connectivity index is 1.43. The summed E-state index contributed by atoms with van der Waals surface area (Å²) >= 11 is 1.98. The lowest BCUT2D eigenvalue weighted by Crippen LogP contribution is -2.54. The van der Waals surface area contributed by atoms with E-state index < -0.39 is 11.6 Å². The summed E-state index contributed by atoms with van der Waals surface area (Å²) in [6, 6.07) is 9.50. The summed E-state index contributed by atoms with van der Waals surface area (Å²) < 4.78 is 34.7. The number of thiazole rings is 1. The summed E-state index contributed by atoms with van der Waals surface area (Å²) in [6.07, 6.45) is 1.19. The van der Waals surface area contributed by atoms with Crippen molar-refractivity contribution >= 4 is 34.9 Å². The van der Waals surface area contributed by atoms with Gasteiger partial charge in [-0.25, -0.2) is 19.2 Å².